The Labute approximate surface area is 207 Å². The third kappa shape index (κ3) is 4.93. The number of allylic oxidation sites excluding steroid dienone is 5. The molecule has 4 aliphatic carbocycles. The molecule has 3 nitrogen and oxygen atoms in total. The SMILES string of the molecule is C=C1CC[C@H](O)C/C1=C/C=C1\CCC[C@]2(C)[C@@H]([C@H](C)/C=C/[C@@H](O)C3(C(=O)CCC)CC3)CC[C@@H]12. The van der Waals surface area contributed by atoms with E-state index >= 15 is 0 Å². The molecule has 0 radical (unpaired) electrons. The molecule has 4 saturated carbocycles. The predicted octanol–water partition coefficient (Wildman–Crippen LogP) is 6.86. The molecule has 0 aromatic heterocycles. The lowest BCUT2D eigenvalue weighted by Gasteiger charge is -2.44. The van der Waals surface area contributed by atoms with E-state index in [0.717, 1.165) is 38.5 Å². The molecule has 4 aliphatic rings. The van der Waals surface area contributed by atoms with Crippen molar-refractivity contribution >= 4 is 5.78 Å². The van der Waals surface area contributed by atoms with E-state index < -0.39 is 11.5 Å². The molecule has 0 heterocycles. The first kappa shape index (κ1) is 25.6. The van der Waals surface area contributed by atoms with Crippen LogP contribution in [-0.2, 0) is 4.79 Å². The monoisotopic (exact) mass is 466 g/mol. The largest absolute Gasteiger partial charge is 0.393 e. The van der Waals surface area contributed by atoms with Crippen LogP contribution in [0.15, 0.2) is 47.6 Å². The quantitative estimate of drug-likeness (QED) is 0.384. The van der Waals surface area contributed by atoms with E-state index in [4.69, 9.17) is 0 Å². The van der Waals surface area contributed by atoms with Gasteiger partial charge in [-0.3, -0.25) is 4.79 Å². The molecule has 0 aromatic rings. The third-order valence-corrected chi connectivity index (χ3v) is 9.84. The Morgan fingerprint density at radius 3 is 2.62 bits per heavy atom. The topological polar surface area (TPSA) is 57.5 Å². The second kappa shape index (κ2) is 10.3. The Kier molecular flexibility index (Phi) is 7.74. The Morgan fingerprint density at radius 2 is 1.91 bits per heavy atom. The molecule has 0 spiro atoms. The Bertz CT molecular complexity index is 873. The van der Waals surface area contributed by atoms with Gasteiger partial charge in [0.2, 0.25) is 0 Å². The van der Waals surface area contributed by atoms with E-state index in [9.17, 15) is 15.0 Å². The molecular weight excluding hydrogens is 420 g/mol. The highest BCUT2D eigenvalue weighted by Crippen LogP contribution is 2.59. The summed E-state index contributed by atoms with van der Waals surface area (Å²) in [7, 11) is 0. The van der Waals surface area contributed by atoms with Crippen molar-refractivity contribution in [3.8, 4) is 0 Å². The minimum atomic E-state index is -0.633. The summed E-state index contributed by atoms with van der Waals surface area (Å²) < 4.78 is 0. The van der Waals surface area contributed by atoms with Crippen LogP contribution < -0.4 is 0 Å². The third-order valence-electron chi connectivity index (χ3n) is 9.84. The summed E-state index contributed by atoms with van der Waals surface area (Å²) in [6.45, 7) is 11.1. The molecule has 0 aliphatic heterocycles. The van der Waals surface area contributed by atoms with Gasteiger partial charge in [0.1, 0.15) is 5.78 Å². The number of carbonyl (C=O) groups excluding carboxylic acids is 1. The van der Waals surface area contributed by atoms with Crippen molar-refractivity contribution in [3.63, 3.8) is 0 Å². The molecule has 4 rings (SSSR count). The smallest absolute Gasteiger partial charge is 0.141 e. The number of hydrogen-bond donors (Lipinski definition) is 2. The van der Waals surface area contributed by atoms with Gasteiger partial charge in [0, 0.05) is 6.42 Å². The molecule has 3 heteroatoms. The van der Waals surface area contributed by atoms with Crippen LogP contribution in [0.3, 0.4) is 0 Å². The van der Waals surface area contributed by atoms with Gasteiger partial charge in [-0.25, -0.2) is 0 Å². The van der Waals surface area contributed by atoms with Crippen LogP contribution in [0.2, 0.25) is 0 Å². The zero-order chi connectivity index (χ0) is 24.5. The summed E-state index contributed by atoms with van der Waals surface area (Å²) in [5.41, 5.74) is 3.79. The van der Waals surface area contributed by atoms with E-state index in [1.807, 2.05) is 13.0 Å². The van der Waals surface area contributed by atoms with Gasteiger partial charge in [-0.1, -0.05) is 62.8 Å². The van der Waals surface area contributed by atoms with Crippen molar-refractivity contribution in [2.45, 2.75) is 110 Å². The lowest BCUT2D eigenvalue weighted by molar-refractivity contribution is -0.127. The molecule has 0 aromatic carbocycles. The molecule has 4 fully saturated rings. The minimum absolute atomic E-state index is 0.224. The van der Waals surface area contributed by atoms with Gasteiger partial charge in [-0.15, -0.1) is 0 Å². The number of hydrogen-bond acceptors (Lipinski definition) is 3. The van der Waals surface area contributed by atoms with E-state index in [1.54, 1.807) is 5.57 Å². The lowest BCUT2D eigenvalue weighted by Crippen LogP contribution is -2.35. The molecule has 188 valence electrons. The standard InChI is InChI=1S/C31H46O3/c1-5-7-28(33)31(18-19-31)29(34)16-10-22(3)26-14-15-27-23(8-6-17-30(26,27)4)11-12-24-20-25(32)13-9-21(24)2/h10-12,16,22,25-27,29,32,34H,2,5-9,13-15,17-20H2,1,3-4H3/b16-10+,23-11+,24-12-/t22-,25+,26-,27+,29-,30-/m1/s1. The predicted molar refractivity (Wildman–Crippen MR) is 139 cm³/mol. The lowest BCUT2D eigenvalue weighted by atomic mass is 9.61. The first-order valence-electron chi connectivity index (χ1n) is 13.9. The van der Waals surface area contributed by atoms with E-state index in [-0.39, 0.29) is 17.3 Å². The Morgan fingerprint density at radius 1 is 1.15 bits per heavy atom. The number of ketones is 1. The highest BCUT2D eigenvalue weighted by Gasteiger charge is 2.54. The Hall–Kier alpha value is -1.45. The normalized spacial score (nSPS) is 37.2. The maximum atomic E-state index is 12.5. The van der Waals surface area contributed by atoms with Crippen molar-refractivity contribution in [3.05, 3.63) is 47.6 Å². The summed E-state index contributed by atoms with van der Waals surface area (Å²) >= 11 is 0. The van der Waals surface area contributed by atoms with Crippen molar-refractivity contribution in [2.75, 3.05) is 0 Å². The van der Waals surface area contributed by atoms with Crippen LogP contribution >= 0.6 is 0 Å². The fourth-order valence-corrected chi connectivity index (χ4v) is 7.49. The van der Waals surface area contributed by atoms with Gasteiger partial charge in [-0.2, -0.15) is 0 Å². The van der Waals surface area contributed by atoms with Gasteiger partial charge < -0.3 is 10.2 Å². The van der Waals surface area contributed by atoms with Crippen LogP contribution in [-0.4, -0.2) is 28.2 Å². The maximum absolute atomic E-state index is 12.5. The van der Waals surface area contributed by atoms with E-state index in [2.05, 4.69) is 38.7 Å². The van der Waals surface area contributed by atoms with Crippen LogP contribution in [0.4, 0.5) is 0 Å². The molecule has 2 N–H and O–H groups in total. The molecular formula is C31H46O3. The van der Waals surface area contributed by atoms with E-state index in [1.165, 1.54) is 43.3 Å². The van der Waals surface area contributed by atoms with Crippen LogP contribution in [0.25, 0.3) is 0 Å². The molecule has 0 bridgehead atoms. The summed E-state index contributed by atoms with van der Waals surface area (Å²) in [6.07, 6.45) is 19.6. The molecule has 6 atom stereocenters. The number of aliphatic hydroxyl groups is 2. The van der Waals surface area contributed by atoms with Gasteiger partial charge in [-0.05, 0) is 99.4 Å². The van der Waals surface area contributed by atoms with Crippen molar-refractivity contribution in [1.82, 2.24) is 0 Å². The summed E-state index contributed by atoms with van der Waals surface area (Å²) in [4.78, 5) is 12.5. The molecule has 0 amide bonds. The van der Waals surface area contributed by atoms with E-state index in [0.29, 0.717) is 24.2 Å². The second-order valence-electron chi connectivity index (χ2n) is 12.0. The summed E-state index contributed by atoms with van der Waals surface area (Å²) in [6, 6.07) is 0. The highest BCUT2D eigenvalue weighted by atomic mass is 16.3. The molecule has 0 saturated heterocycles. The van der Waals surface area contributed by atoms with Gasteiger partial charge in [0.25, 0.3) is 0 Å². The molecule has 0 unspecified atom stereocenters. The first-order valence-corrected chi connectivity index (χ1v) is 13.9. The number of Topliss-reactive ketones (excluding diaryl/α,β-unsaturated/α-hetero) is 1. The average Bonchev–Trinajstić information content (AvgIpc) is 3.54. The van der Waals surface area contributed by atoms with Gasteiger partial charge >= 0.3 is 0 Å². The number of rotatable bonds is 8. The number of aliphatic hydroxyl groups excluding tert-OH is 2. The number of carbonyl (C=O) groups is 1. The van der Waals surface area contributed by atoms with Crippen LogP contribution in [0, 0.1) is 28.6 Å². The van der Waals surface area contributed by atoms with Crippen molar-refractivity contribution < 1.29 is 15.0 Å². The maximum Gasteiger partial charge on any atom is 0.141 e. The van der Waals surface area contributed by atoms with Gasteiger partial charge in [0.15, 0.2) is 0 Å². The number of fused-ring (bicyclic) bond motifs is 1. The highest BCUT2D eigenvalue weighted by molar-refractivity contribution is 5.88. The zero-order valence-electron chi connectivity index (χ0n) is 21.7. The fourth-order valence-electron chi connectivity index (χ4n) is 7.49. The summed E-state index contributed by atoms with van der Waals surface area (Å²) in [5.74, 6) is 1.86. The fraction of sp³-hybridized carbons (Fsp3) is 0.710. The average molecular weight is 467 g/mol. The first-order chi connectivity index (χ1) is 16.2. The van der Waals surface area contributed by atoms with Crippen LogP contribution in [0.1, 0.15) is 97.8 Å². The second-order valence-corrected chi connectivity index (χ2v) is 12.0. The van der Waals surface area contributed by atoms with Gasteiger partial charge in [0.05, 0.1) is 17.6 Å². The minimum Gasteiger partial charge on any atom is -0.393 e. The summed E-state index contributed by atoms with van der Waals surface area (Å²) in [5, 5.41) is 20.9. The van der Waals surface area contributed by atoms with Crippen molar-refractivity contribution in [2.24, 2.45) is 28.6 Å². The molecule has 34 heavy (non-hydrogen) atoms. The van der Waals surface area contributed by atoms with Crippen LogP contribution in [0.5, 0.6) is 0 Å². The zero-order valence-corrected chi connectivity index (χ0v) is 21.7. The Balaban J connectivity index is 1.45. The van der Waals surface area contributed by atoms with Crippen molar-refractivity contribution in [1.29, 1.82) is 0 Å².